The zero-order chi connectivity index (χ0) is 20.4. The van der Waals surface area contributed by atoms with E-state index < -0.39 is 10.0 Å². The Bertz CT molecular complexity index is 975. The van der Waals surface area contributed by atoms with Gasteiger partial charge in [0.15, 0.2) is 11.5 Å². The van der Waals surface area contributed by atoms with Crippen LogP contribution in [-0.4, -0.2) is 44.9 Å². The lowest BCUT2D eigenvalue weighted by Crippen LogP contribution is -2.45. The number of carbonyl (C=O) groups is 1. The Kier molecular flexibility index (Phi) is 5.80. The summed E-state index contributed by atoms with van der Waals surface area (Å²) in [6, 6.07) is 8.75. The number of nitrogens with one attached hydrogen (secondary N) is 1. The van der Waals surface area contributed by atoms with Crippen molar-refractivity contribution in [2.75, 3.05) is 26.3 Å². The van der Waals surface area contributed by atoms with Gasteiger partial charge in [-0.05, 0) is 48.9 Å². The molecule has 1 amide bonds. The van der Waals surface area contributed by atoms with Crippen LogP contribution in [0.15, 0.2) is 39.9 Å². The molecule has 1 aromatic carbocycles. The molecule has 0 unspecified atom stereocenters. The van der Waals surface area contributed by atoms with Gasteiger partial charge in [0.2, 0.25) is 5.91 Å². The van der Waals surface area contributed by atoms with Gasteiger partial charge in [0.05, 0.1) is 12.0 Å². The molecule has 2 aliphatic heterocycles. The van der Waals surface area contributed by atoms with Crippen molar-refractivity contribution in [1.82, 2.24) is 9.62 Å². The fraction of sp³-hybridized carbons (Fsp3) is 0.450. The van der Waals surface area contributed by atoms with Crippen LogP contribution in [0.3, 0.4) is 0 Å². The first-order valence-electron chi connectivity index (χ1n) is 9.69. The van der Waals surface area contributed by atoms with Gasteiger partial charge < -0.3 is 14.8 Å². The highest BCUT2D eigenvalue weighted by Crippen LogP contribution is 2.33. The molecule has 4 rings (SSSR count). The molecular weight excluding hydrogens is 412 g/mol. The molecule has 3 heterocycles. The highest BCUT2D eigenvalue weighted by molar-refractivity contribution is 7.91. The number of thiophene rings is 1. The molecule has 1 saturated heterocycles. The number of ether oxygens (including phenoxy) is 2. The molecule has 1 N–H and O–H groups in total. The fourth-order valence-corrected chi connectivity index (χ4v) is 6.32. The molecule has 9 heteroatoms. The van der Waals surface area contributed by atoms with Crippen LogP contribution in [0.25, 0.3) is 0 Å². The van der Waals surface area contributed by atoms with Crippen molar-refractivity contribution < 1.29 is 22.7 Å². The summed E-state index contributed by atoms with van der Waals surface area (Å²) in [5.41, 5.74) is 0.918. The van der Waals surface area contributed by atoms with E-state index in [9.17, 15) is 13.2 Å². The van der Waals surface area contributed by atoms with Gasteiger partial charge in [0, 0.05) is 13.1 Å². The van der Waals surface area contributed by atoms with Crippen LogP contribution in [0.4, 0.5) is 0 Å². The van der Waals surface area contributed by atoms with Crippen LogP contribution < -0.4 is 14.8 Å². The quantitative estimate of drug-likeness (QED) is 0.779. The summed E-state index contributed by atoms with van der Waals surface area (Å²) >= 11 is 1.20. The van der Waals surface area contributed by atoms with Crippen molar-refractivity contribution in [3.05, 3.63) is 41.3 Å². The summed E-state index contributed by atoms with van der Waals surface area (Å²) in [6.07, 6.45) is 1.34. The number of benzene rings is 1. The van der Waals surface area contributed by atoms with E-state index in [2.05, 4.69) is 5.32 Å². The van der Waals surface area contributed by atoms with Gasteiger partial charge in [0.1, 0.15) is 17.4 Å². The normalized spacial score (nSPS) is 20.8. The number of carbonyl (C=O) groups excluding carboxylic acids is 1. The first kappa shape index (κ1) is 20.2. The summed E-state index contributed by atoms with van der Waals surface area (Å²) in [5, 5.41) is 4.77. The Morgan fingerprint density at radius 2 is 2.03 bits per heavy atom. The van der Waals surface area contributed by atoms with Gasteiger partial charge in [-0.1, -0.05) is 12.1 Å². The lowest BCUT2D eigenvalue weighted by atomic mass is 9.97. The standard InChI is InChI=1S/C20H24N2O5S2/c1-14(15-6-7-17-18(12-15)27-10-9-26-17)21-20(23)16-4-2-8-22(13-16)29(24,25)19-5-3-11-28-19/h3,5-7,11-12,14,16H,2,4,8-10,13H2,1H3,(H,21,23)/t14-,16-/m1/s1. The maximum atomic E-state index is 12.8. The summed E-state index contributed by atoms with van der Waals surface area (Å²) in [7, 11) is -3.53. The lowest BCUT2D eigenvalue weighted by molar-refractivity contribution is -0.126. The third-order valence-corrected chi connectivity index (χ3v) is 8.51. The summed E-state index contributed by atoms with van der Waals surface area (Å²) < 4.78 is 38.5. The number of hydrogen-bond acceptors (Lipinski definition) is 6. The molecule has 1 aromatic heterocycles. The monoisotopic (exact) mass is 436 g/mol. The van der Waals surface area contributed by atoms with Crippen LogP contribution in [0.5, 0.6) is 11.5 Å². The number of hydrogen-bond donors (Lipinski definition) is 1. The van der Waals surface area contributed by atoms with Gasteiger partial charge in [-0.3, -0.25) is 4.79 Å². The maximum Gasteiger partial charge on any atom is 0.252 e. The van der Waals surface area contributed by atoms with Gasteiger partial charge in [-0.25, -0.2) is 8.42 Å². The second-order valence-electron chi connectivity index (χ2n) is 7.27. The molecule has 0 aliphatic carbocycles. The Balaban J connectivity index is 1.41. The van der Waals surface area contributed by atoms with Crippen molar-refractivity contribution in [3.8, 4) is 11.5 Å². The molecule has 0 spiro atoms. The van der Waals surface area contributed by atoms with Crippen LogP contribution in [0, 0.1) is 5.92 Å². The molecule has 7 nitrogen and oxygen atoms in total. The van der Waals surface area contributed by atoms with E-state index in [1.807, 2.05) is 25.1 Å². The summed E-state index contributed by atoms with van der Waals surface area (Å²) in [5.74, 6) is 0.901. The van der Waals surface area contributed by atoms with E-state index in [0.717, 1.165) is 5.56 Å². The minimum absolute atomic E-state index is 0.126. The third-order valence-electron chi connectivity index (χ3n) is 5.27. The first-order chi connectivity index (χ1) is 13.9. The highest BCUT2D eigenvalue weighted by atomic mass is 32.2. The highest BCUT2D eigenvalue weighted by Gasteiger charge is 2.34. The van der Waals surface area contributed by atoms with E-state index in [0.29, 0.717) is 48.3 Å². The van der Waals surface area contributed by atoms with E-state index >= 15 is 0 Å². The lowest BCUT2D eigenvalue weighted by Gasteiger charge is -2.31. The zero-order valence-electron chi connectivity index (χ0n) is 16.2. The van der Waals surface area contributed by atoms with Crippen molar-refractivity contribution in [3.63, 3.8) is 0 Å². The molecule has 156 valence electrons. The van der Waals surface area contributed by atoms with E-state index in [4.69, 9.17) is 9.47 Å². The van der Waals surface area contributed by atoms with Crippen LogP contribution in [0.1, 0.15) is 31.4 Å². The number of amides is 1. The third kappa shape index (κ3) is 4.26. The molecule has 0 radical (unpaired) electrons. The Labute approximate surface area is 174 Å². The Morgan fingerprint density at radius 1 is 1.24 bits per heavy atom. The van der Waals surface area contributed by atoms with Gasteiger partial charge in [0.25, 0.3) is 10.0 Å². The number of fused-ring (bicyclic) bond motifs is 1. The molecule has 29 heavy (non-hydrogen) atoms. The minimum atomic E-state index is -3.53. The predicted molar refractivity (Wildman–Crippen MR) is 110 cm³/mol. The van der Waals surface area contributed by atoms with Gasteiger partial charge in [-0.2, -0.15) is 4.31 Å². The molecule has 1 fully saturated rings. The number of nitrogens with zero attached hydrogens (tertiary/aromatic N) is 1. The average Bonchev–Trinajstić information content (AvgIpc) is 3.29. The summed E-state index contributed by atoms with van der Waals surface area (Å²) in [4.78, 5) is 12.8. The molecule has 0 saturated carbocycles. The van der Waals surface area contributed by atoms with E-state index in [1.54, 1.807) is 17.5 Å². The Hall–Kier alpha value is -2.10. The maximum absolute atomic E-state index is 12.8. The molecular formula is C20H24N2O5S2. The minimum Gasteiger partial charge on any atom is -0.486 e. The van der Waals surface area contributed by atoms with Crippen LogP contribution >= 0.6 is 11.3 Å². The first-order valence-corrected chi connectivity index (χ1v) is 12.0. The van der Waals surface area contributed by atoms with Crippen molar-refractivity contribution in [2.45, 2.75) is 30.0 Å². The largest absolute Gasteiger partial charge is 0.486 e. The van der Waals surface area contributed by atoms with Gasteiger partial charge in [-0.15, -0.1) is 11.3 Å². The Morgan fingerprint density at radius 3 is 2.79 bits per heavy atom. The smallest absolute Gasteiger partial charge is 0.252 e. The summed E-state index contributed by atoms with van der Waals surface area (Å²) in [6.45, 7) is 3.60. The van der Waals surface area contributed by atoms with E-state index in [1.165, 1.54) is 15.6 Å². The van der Waals surface area contributed by atoms with Crippen molar-refractivity contribution in [1.29, 1.82) is 0 Å². The number of sulfonamides is 1. The zero-order valence-corrected chi connectivity index (χ0v) is 17.8. The second kappa shape index (κ2) is 8.33. The predicted octanol–water partition coefficient (Wildman–Crippen LogP) is 2.80. The topological polar surface area (TPSA) is 84.9 Å². The van der Waals surface area contributed by atoms with Crippen molar-refractivity contribution in [2.24, 2.45) is 5.92 Å². The van der Waals surface area contributed by atoms with E-state index in [-0.39, 0.29) is 24.4 Å². The number of rotatable bonds is 5. The molecule has 2 aliphatic rings. The average molecular weight is 437 g/mol. The SMILES string of the molecule is C[C@@H](NC(=O)[C@@H]1CCCN(S(=O)(=O)c2cccs2)C1)c1ccc2c(c1)OCCO2. The molecule has 2 aromatic rings. The molecule has 2 atom stereocenters. The molecule has 0 bridgehead atoms. The van der Waals surface area contributed by atoms with Gasteiger partial charge >= 0.3 is 0 Å². The number of piperidine rings is 1. The fourth-order valence-electron chi connectivity index (χ4n) is 3.66. The van der Waals surface area contributed by atoms with Crippen LogP contribution in [0.2, 0.25) is 0 Å². The second-order valence-corrected chi connectivity index (χ2v) is 10.4. The van der Waals surface area contributed by atoms with Crippen molar-refractivity contribution >= 4 is 27.3 Å². The van der Waals surface area contributed by atoms with Crippen LogP contribution in [-0.2, 0) is 14.8 Å².